The molecule has 0 radical (unpaired) electrons. The Morgan fingerprint density at radius 1 is 1.29 bits per heavy atom. The quantitative estimate of drug-likeness (QED) is 0.745. The first kappa shape index (κ1) is 20.4. The molecular weight excluding hydrogens is 369 g/mol. The number of benzene rings is 1. The summed E-state index contributed by atoms with van der Waals surface area (Å²) in [5.41, 5.74) is 6.38. The fraction of sp³-hybridized carbons (Fsp3) is 0.500. The predicted molar refractivity (Wildman–Crippen MR) is 100 cm³/mol. The first-order chi connectivity index (χ1) is 13.2. The molecule has 152 valence electrons. The number of amides is 1. The Hall–Kier alpha value is -2.35. The van der Waals surface area contributed by atoms with Crippen molar-refractivity contribution in [2.24, 2.45) is 5.73 Å². The molecule has 1 aliphatic rings. The van der Waals surface area contributed by atoms with Crippen LogP contribution in [0.2, 0.25) is 0 Å². The standard InChI is InChI=1S/C20H25F3N4O/c1-3-19(24,4-2)12-25-18(28)16-11-26-27(17(16)13-8-9-13)15-7-5-6-14(10-15)20(21,22)23/h5-7,10-11,13H,3-4,8-9,12,24H2,1-2H3,(H,25,28). The molecule has 3 rings (SSSR count). The van der Waals surface area contributed by atoms with Crippen LogP contribution in [0.3, 0.4) is 0 Å². The smallest absolute Gasteiger partial charge is 0.350 e. The van der Waals surface area contributed by atoms with Gasteiger partial charge in [0.1, 0.15) is 0 Å². The third kappa shape index (κ3) is 4.22. The zero-order chi connectivity index (χ0) is 20.5. The van der Waals surface area contributed by atoms with E-state index in [2.05, 4.69) is 10.4 Å². The number of halogens is 3. The molecule has 0 bridgehead atoms. The van der Waals surface area contributed by atoms with Gasteiger partial charge in [0.2, 0.25) is 0 Å². The number of carbonyl (C=O) groups is 1. The molecule has 1 aromatic carbocycles. The van der Waals surface area contributed by atoms with Gasteiger partial charge >= 0.3 is 6.18 Å². The van der Waals surface area contributed by atoms with E-state index in [4.69, 9.17) is 5.73 Å². The van der Waals surface area contributed by atoms with Crippen molar-refractivity contribution in [1.29, 1.82) is 0 Å². The van der Waals surface area contributed by atoms with Crippen LogP contribution in [0.25, 0.3) is 5.69 Å². The zero-order valence-electron chi connectivity index (χ0n) is 16.0. The fourth-order valence-corrected chi connectivity index (χ4v) is 3.15. The number of hydrogen-bond donors (Lipinski definition) is 2. The van der Waals surface area contributed by atoms with Crippen LogP contribution < -0.4 is 11.1 Å². The molecule has 1 heterocycles. The minimum atomic E-state index is -4.44. The summed E-state index contributed by atoms with van der Waals surface area (Å²) in [5.74, 6) is -0.172. The van der Waals surface area contributed by atoms with E-state index in [1.165, 1.54) is 16.9 Å². The van der Waals surface area contributed by atoms with Gasteiger partial charge in [-0.2, -0.15) is 18.3 Å². The molecule has 1 saturated carbocycles. The topological polar surface area (TPSA) is 72.9 Å². The van der Waals surface area contributed by atoms with E-state index in [0.717, 1.165) is 37.8 Å². The molecule has 28 heavy (non-hydrogen) atoms. The number of nitrogens with zero attached hydrogens (tertiary/aromatic N) is 2. The Bertz CT molecular complexity index is 851. The van der Waals surface area contributed by atoms with Gasteiger partial charge in [0.25, 0.3) is 5.91 Å². The monoisotopic (exact) mass is 394 g/mol. The van der Waals surface area contributed by atoms with E-state index in [-0.39, 0.29) is 11.8 Å². The summed E-state index contributed by atoms with van der Waals surface area (Å²) in [4.78, 5) is 12.7. The normalized spacial score (nSPS) is 14.9. The highest BCUT2D eigenvalue weighted by atomic mass is 19.4. The summed E-state index contributed by atoms with van der Waals surface area (Å²) < 4.78 is 40.6. The number of nitrogens with one attached hydrogen (secondary N) is 1. The molecule has 0 saturated heterocycles. The van der Waals surface area contributed by atoms with Gasteiger partial charge in [-0.3, -0.25) is 4.79 Å². The summed E-state index contributed by atoms with van der Waals surface area (Å²) in [6.07, 6.45) is 0.212. The molecule has 0 aliphatic heterocycles. The molecule has 0 spiro atoms. The molecule has 0 unspecified atom stereocenters. The maximum absolute atomic E-state index is 13.1. The van der Waals surface area contributed by atoms with Crippen molar-refractivity contribution >= 4 is 5.91 Å². The van der Waals surface area contributed by atoms with Crippen LogP contribution in [0.15, 0.2) is 30.5 Å². The Balaban J connectivity index is 1.90. The second kappa shape index (κ2) is 7.58. The molecule has 0 atom stereocenters. The van der Waals surface area contributed by atoms with Crippen molar-refractivity contribution in [3.8, 4) is 5.69 Å². The van der Waals surface area contributed by atoms with Gasteiger partial charge in [-0.1, -0.05) is 19.9 Å². The first-order valence-corrected chi connectivity index (χ1v) is 9.51. The summed E-state index contributed by atoms with van der Waals surface area (Å²) in [5, 5.41) is 7.10. The van der Waals surface area contributed by atoms with Crippen LogP contribution in [-0.2, 0) is 6.18 Å². The second-order valence-corrected chi connectivity index (χ2v) is 7.43. The summed E-state index contributed by atoms with van der Waals surface area (Å²) >= 11 is 0. The van der Waals surface area contributed by atoms with E-state index in [9.17, 15) is 18.0 Å². The van der Waals surface area contributed by atoms with Gasteiger partial charge in [0, 0.05) is 18.0 Å². The van der Waals surface area contributed by atoms with E-state index in [0.29, 0.717) is 23.5 Å². The molecule has 1 fully saturated rings. The van der Waals surface area contributed by atoms with Gasteiger partial charge in [0.05, 0.1) is 28.7 Å². The van der Waals surface area contributed by atoms with Crippen LogP contribution in [0.4, 0.5) is 13.2 Å². The highest BCUT2D eigenvalue weighted by Gasteiger charge is 2.35. The van der Waals surface area contributed by atoms with Crippen LogP contribution >= 0.6 is 0 Å². The van der Waals surface area contributed by atoms with E-state index in [1.807, 2.05) is 13.8 Å². The number of alkyl halides is 3. The molecule has 1 amide bonds. The third-order valence-electron chi connectivity index (χ3n) is 5.44. The molecule has 1 aromatic heterocycles. The maximum Gasteiger partial charge on any atom is 0.416 e. The van der Waals surface area contributed by atoms with Crippen molar-refractivity contribution in [2.75, 3.05) is 6.54 Å². The van der Waals surface area contributed by atoms with E-state index in [1.54, 1.807) is 6.07 Å². The van der Waals surface area contributed by atoms with Crippen LogP contribution in [0, 0.1) is 0 Å². The lowest BCUT2D eigenvalue weighted by Crippen LogP contribution is -2.49. The summed E-state index contributed by atoms with van der Waals surface area (Å²) in [6.45, 7) is 4.27. The van der Waals surface area contributed by atoms with Gasteiger partial charge in [-0.15, -0.1) is 0 Å². The Morgan fingerprint density at radius 2 is 1.96 bits per heavy atom. The van der Waals surface area contributed by atoms with Gasteiger partial charge in [0.15, 0.2) is 0 Å². The van der Waals surface area contributed by atoms with Crippen LogP contribution in [-0.4, -0.2) is 27.8 Å². The minimum Gasteiger partial charge on any atom is -0.350 e. The molecular formula is C20H25F3N4O. The van der Waals surface area contributed by atoms with Gasteiger partial charge in [-0.05, 0) is 43.9 Å². The summed E-state index contributed by atoms with van der Waals surface area (Å²) in [7, 11) is 0. The van der Waals surface area contributed by atoms with Crippen molar-refractivity contribution in [1.82, 2.24) is 15.1 Å². The van der Waals surface area contributed by atoms with Gasteiger partial charge in [-0.25, -0.2) is 4.68 Å². The highest BCUT2D eigenvalue weighted by Crippen LogP contribution is 2.42. The lowest BCUT2D eigenvalue weighted by atomic mass is 9.94. The molecule has 1 aliphatic carbocycles. The van der Waals surface area contributed by atoms with Crippen LogP contribution in [0.5, 0.6) is 0 Å². The number of rotatable bonds is 7. The Labute approximate surface area is 162 Å². The van der Waals surface area contributed by atoms with E-state index < -0.39 is 17.3 Å². The Morgan fingerprint density at radius 3 is 2.54 bits per heavy atom. The summed E-state index contributed by atoms with van der Waals surface area (Å²) in [6, 6.07) is 4.99. The molecule has 2 aromatic rings. The highest BCUT2D eigenvalue weighted by molar-refractivity contribution is 5.95. The maximum atomic E-state index is 13.1. The second-order valence-electron chi connectivity index (χ2n) is 7.43. The number of hydrogen-bond acceptors (Lipinski definition) is 3. The fourth-order valence-electron chi connectivity index (χ4n) is 3.15. The van der Waals surface area contributed by atoms with Crippen molar-refractivity contribution in [3.63, 3.8) is 0 Å². The molecule has 5 nitrogen and oxygen atoms in total. The lowest BCUT2D eigenvalue weighted by molar-refractivity contribution is -0.137. The average molecular weight is 394 g/mol. The van der Waals surface area contributed by atoms with Crippen molar-refractivity contribution in [3.05, 3.63) is 47.3 Å². The minimum absolute atomic E-state index is 0.123. The zero-order valence-corrected chi connectivity index (χ0v) is 16.0. The van der Waals surface area contributed by atoms with Crippen LogP contribution in [0.1, 0.15) is 67.1 Å². The van der Waals surface area contributed by atoms with E-state index >= 15 is 0 Å². The molecule has 8 heteroatoms. The average Bonchev–Trinajstić information content (AvgIpc) is 3.43. The largest absolute Gasteiger partial charge is 0.416 e. The van der Waals surface area contributed by atoms with Gasteiger partial charge < -0.3 is 11.1 Å². The molecule has 3 N–H and O–H groups in total. The Kier molecular flexibility index (Phi) is 5.52. The number of carbonyl (C=O) groups excluding carboxylic acids is 1. The number of nitrogens with two attached hydrogens (primary N) is 1. The third-order valence-corrected chi connectivity index (χ3v) is 5.44. The SMILES string of the molecule is CCC(N)(CC)CNC(=O)c1cnn(-c2cccc(C(F)(F)F)c2)c1C1CC1. The number of aromatic nitrogens is 2. The predicted octanol–water partition coefficient (Wildman–Crippen LogP) is 4.02. The van der Waals surface area contributed by atoms with Crippen molar-refractivity contribution in [2.45, 2.75) is 57.2 Å². The first-order valence-electron chi connectivity index (χ1n) is 9.51. The lowest BCUT2D eigenvalue weighted by Gasteiger charge is -2.26. The van der Waals surface area contributed by atoms with Crippen molar-refractivity contribution < 1.29 is 18.0 Å².